The summed E-state index contributed by atoms with van der Waals surface area (Å²) in [6, 6.07) is 2.12. The van der Waals surface area contributed by atoms with E-state index in [0.29, 0.717) is 0 Å². The van der Waals surface area contributed by atoms with Crippen molar-refractivity contribution >= 4 is 11.6 Å². The maximum atomic E-state index is 8.22. The molecule has 0 radical (unpaired) electrons. The third-order valence-corrected chi connectivity index (χ3v) is 1.88. The molecular formula is C5H6ClN. The van der Waals surface area contributed by atoms with Gasteiger partial charge in [0.05, 0.1) is 12.0 Å². The summed E-state index contributed by atoms with van der Waals surface area (Å²) in [5.74, 6) is 0.154. The molecule has 0 aromatic rings. The Labute approximate surface area is 47.9 Å². The molecule has 0 aliphatic heterocycles. The van der Waals surface area contributed by atoms with Gasteiger partial charge in [0.1, 0.15) is 0 Å². The number of hydrogen-bond acceptors (Lipinski definition) is 1. The molecule has 1 saturated carbocycles. The molecule has 2 atom stereocenters. The lowest BCUT2D eigenvalue weighted by molar-refractivity contribution is 0.407. The molecule has 1 rings (SSSR count). The Morgan fingerprint density at radius 2 is 2.29 bits per heavy atom. The Balaban J connectivity index is 2.33. The lowest BCUT2D eigenvalue weighted by Gasteiger charge is -2.24. The summed E-state index contributed by atoms with van der Waals surface area (Å²) in [6.45, 7) is 0. The second kappa shape index (κ2) is 1.71. The Bertz CT molecular complexity index is 105. The van der Waals surface area contributed by atoms with Gasteiger partial charge in [-0.05, 0) is 12.8 Å². The molecule has 2 heteroatoms. The van der Waals surface area contributed by atoms with Gasteiger partial charge < -0.3 is 0 Å². The molecule has 0 saturated heterocycles. The van der Waals surface area contributed by atoms with Gasteiger partial charge >= 0.3 is 0 Å². The fourth-order valence-corrected chi connectivity index (χ4v) is 0.913. The van der Waals surface area contributed by atoms with E-state index in [-0.39, 0.29) is 11.3 Å². The van der Waals surface area contributed by atoms with Crippen LogP contribution < -0.4 is 0 Å². The lowest BCUT2D eigenvalue weighted by Crippen LogP contribution is -2.24. The van der Waals surface area contributed by atoms with Gasteiger partial charge in [-0.1, -0.05) is 0 Å². The summed E-state index contributed by atoms with van der Waals surface area (Å²) >= 11 is 5.59. The minimum Gasteiger partial charge on any atom is -0.198 e. The van der Waals surface area contributed by atoms with Crippen LogP contribution in [0.25, 0.3) is 0 Å². The molecule has 1 aliphatic carbocycles. The Morgan fingerprint density at radius 1 is 1.57 bits per heavy atom. The van der Waals surface area contributed by atoms with Crippen LogP contribution in [0.4, 0.5) is 0 Å². The van der Waals surface area contributed by atoms with Crippen LogP contribution in [0.1, 0.15) is 12.8 Å². The highest BCUT2D eigenvalue weighted by atomic mass is 35.5. The highest BCUT2D eigenvalue weighted by molar-refractivity contribution is 6.21. The maximum absolute atomic E-state index is 8.22. The SMILES string of the molecule is N#CC1CCC1Cl. The van der Waals surface area contributed by atoms with Crippen LogP contribution >= 0.6 is 11.6 Å². The number of halogens is 1. The first-order valence-electron chi connectivity index (χ1n) is 2.38. The average molecular weight is 116 g/mol. The molecule has 7 heavy (non-hydrogen) atoms. The summed E-state index contributed by atoms with van der Waals surface area (Å²) in [7, 11) is 0. The molecule has 1 nitrogen and oxygen atoms in total. The maximum Gasteiger partial charge on any atom is 0.0671 e. The predicted octanol–water partition coefficient (Wildman–Crippen LogP) is 1.53. The normalized spacial score (nSPS) is 38.9. The zero-order valence-electron chi connectivity index (χ0n) is 3.89. The molecule has 0 spiro atoms. The highest BCUT2D eigenvalue weighted by Crippen LogP contribution is 2.31. The van der Waals surface area contributed by atoms with Gasteiger partial charge in [-0.15, -0.1) is 11.6 Å². The number of nitriles is 1. The quantitative estimate of drug-likeness (QED) is 0.439. The molecule has 1 fully saturated rings. The smallest absolute Gasteiger partial charge is 0.0671 e. The fraction of sp³-hybridized carbons (Fsp3) is 0.800. The van der Waals surface area contributed by atoms with Crippen molar-refractivity contribution < 1.29 is 0 Å². The van der Waals surface area contributed by atoms with E-state index in [4.69, 9.17) is 16.9 Å². The van der Waals surface area contributed by atoms with Crippen LogP contribution in [0, 0.1) is 17.2 Å². The van der Waals surface area contributed by atoms with Crippen molar-refractivity contribution in [3.63, 3.8) is 0 Å². The number of nitrogens with zero attached hydrogens (tertiary/aromatic N) is 1. The van der Waals surface area contributed by atoms with Gasteiger partial charge in [-0.3, -0.25) is 0 Å². The van der Waals surface area contributed by atoms with Crippen LogP contribution in [0.3, 0.4) is 0 Å². The number of hydrogen-bond donors (Lipinski definition) is 0. The van der Waals surface area contributed by atoms with Crippen molar-refractivity contribution in [3.8, 4) is 6.07 Å². The van der Waals surface area contributed by atoms with E-state index < -0.39 is 0 Å². The van der Waals surface area contributed by atoms with E-state index in [9.17, 15) is 0 Å². The van der Waals surface area contributed by atoms with Crippen LogP contribution in [0.15, 0.2) is 0 Å². The van der Waals surface area contributed by atoms with E-state index >= 15 is 0 Å². The van der Waals surface area contributed by atoms with E-state index in [1.807, 2.05) is 0 Å². The second-order valence-electron chi connectivity index (χ2n) is 1.83. The van der Waals surface area contributed by atoms with Gasteiger partial charge in [0.15, 0.2) is 0 Å². The summed E-state index contributed by atoms with van der Waals surface area (Å²) in [6.07, 6.45) is 2.03. The minimum absolute atomic E-state index is 0.154. The largest absolute Gasteiger partial charge is 0.198 e. The zero-order valence-corrected chi connectivity index (χ0v) is 4.65. The van der Waals surface area contributed by atoms with Gasteiger partial charge in [-0.2, -0.15) is 5.26 Å². The lowest BCUT2D eigenvalue weighted by atomic mass is 9.86. The Hall–Kier alpha value is -0.220. The molecular weight excluding hydrogens is 110 g/mol. The topological polar surface area (TPSA) is 23.8 Å². The minimum atomic E-state index is 0.154. The van der Waals surface area contributed by atoms with Crippen LogP contribution in [-0.4, -0.2) is 5.38 Å². The third-order valence-electron chi connectivity index (χ3n) is 1.36. The summed E-state index contributed by atoms with van der Waals surface area (Å²) in [5, 5.41) is 8.38. The standard InChI is InChI=1S/C5H6ClN/c6-5-2-1-4(5)3-7/h4-5H,1-2H2. The van der Waals surface area contributed by atoms with Gasteiger partial charge in [-0.25, -0.2) is 0 Å². The Morgan fingerprint density at radius 3 is 2.29 bits per heavy atom. The van der Waals surface area contributed by atoms with Crippen molar-refractivity contribution in [2.24, 2.45) is 5.92 Å². The van der Waals surface area contributed by atoms with Crippen molar-refractivity contribution in [3.05, 3.63) is 0 Å². The number of alkyl halides is 1. The van der Waals surface area contributed by atoms with E-state index in [1.54, 1.807) is 0 Å². The first-order chi connectivity index (χ1) is 3.34. The van der Waals surface area contributed by atoms with Gasteiger partial charge in [0.25, 0.3) is 0 Å². The van der Waals surface area contributed by atoms with Crippen molar-refractivity contribution in [1.29, 1.82) is 5.26 Å². The van der Waals surface area contributed by atoms with Gasteiger partial charge in [0, 0.05) is 5.38 Å². The van der Waals surface area contributed by atoms with Crippen molar-refractivity contribution in [1.82, 2.24) is 0 Å². The molecule has 0 amide bonds. The summed E-state index contributed by atoms with van der Waals surface area (Å²) in [4.78, 5) is 0. The second-order valence-corrected chi connectivity index (χ2v) is 2.39. The molecule has 0 aromatic heterocycles. The van der Waals surface area contributed by atoms with Crippen LogP contribution in [-0.2, 0) is 0 Å². The monoisotopic (exact) mass is 115 g/mol. The molecule has 0 bridgehead atoms. The van der Waals surface area contributed by atoms with Crippen LogP contribution in [0.5, 0.6) is 0 Å². The first-order valence-corrected chi connectivity index (χ1v) is 2.82. The van der Waals surface area contributed by atoms with Gasteiger partial charge in [0.2, 0.25) is 0 Å². The molecule has 2 unspecified atom stereocenters. The summed E-state index contributed by atoms with van der Waals surface area (Å²) in [5.41, 5.74) is 0. The zero-order chi connectivity index (χ0) is 5.28. The summed E-state index contributed by atoms with van der Waals surface area (Å²) < 4.78 is 0. The highest BCUT2D eigenvalue weighted by Gasteiger charge is 2.27. The molecule has 0 heterocycles. The molecule has 0 aromatic carbocycles. The molecule has 38 valence electrons. The first kappa shape index (κ1) is 4.93. The van der Waals surface area contributed by atoms with Crippen molar-refractivity contribution in [2.45, 2.75) is 18.2 Å². The fourth-order valence-electron chi connectivity index (χ4n) is 0.605. The van der Waals surface area contributed by atoms with Crippen molar-refractivity contribution in [2.75, 3.05) is 0 Å². The average Bonchev–Trinajstić information content (AvgIpc) is 1.65. The predicted molar refractivity (Wildman–Crippen MR) is 28.0 cm³/mol. The third kappa shape index (κ3) is 0.711. The Kier molecular flexibility index (Phi) is 1.21. The van der Waals surface area contributed by atoms with E-state index in [0.717, 1.165) is 12.8 Å². The molecule has 1 aliphatic rings. The van der Waals surface area contributed by atoms with E-state index in [2.05, 4.69) is 6.07 Å². The van der Waals surface area contributed by atoms with Crippen LogP contribution in [0.2, 0.25) is 0 Å². The molecule has 0 N–H and O–H groups in total. The number of rotatable bonds is 0. The van der Waals surface area contributed by atoms with E-state index in [1.165, 1.54) is 0 Å².